The van der Waals surface area contributed by atoms with E-state index in [1.165, 1.54) is 66.4 Å². The van der Waals surface area contributed by atoms with E-state index in [9.17, 15) is 96.8 Å². The molecule has 0 aromatic rings. The zero-order valence-electron chi connectivity index (χ0n) is 57.1. The smallest absolute Gasteiger partial charge is 0.426 e. The van der Waals surface area contributed by atoms with Gasteiger partial charge in [-0.2, -0.15) is 52.7 Å². The fourth-order valence-corrected chi connectivity index (χ4v) is 17.8. The highest BCUT2D eigenvalue weighted by molar-refractivity contribution is 5.86. The molecule has 12 fully saturated rings. The third kappa shape index (κ3) is 14.7. The number of methoxy groups -OCH3 is 1. The van der Waals surface area contributed by atoms with Crippen molar-refractivity contribution >= 4 is 35.8 Å². The van der Waals surface area contributed by atoms with Gasteiger partial charge in [0.2, 0.25) is 0 Å². The molecule has 11 aliphatic carbocycles. The molecular formula is C68H100F12O15. The number of fused-ring (bicyclic) bond motifs is 1. The van der Waals surface area contributed by atoms with Crippen molar-refractivity contribution in [1.29, 1.82) is 0 Å². The first-order valence-corrected chi connectivity index (χ1v) is 33.9. The Bertz CT molecular complexity index is 2690. The summed E-state index contributed by atoms with van der Waals surface area (Å²) in [5, 5.41) is 29.9. The number of carbonyl (C=O) groups is 6. The fraction of sp³-hybridized carbons (Fsp3) is 0.912. The molecule has 11 saturated carbocycles. The van der Waals surface area contributed by atoms with Crippen LogP contribution in [0.5, 0.6) is 0 Å². The van der Waals surface area contributed by atoms with Gasteiger partial charge in [0.15, 0.2) is 0 Å². The molecule has 546 valence electrons. The minimum absolute atomic E-state index is 0.0184. The molecular weight excluding hydrogens is 1280 g/mol. The summed E-state index contributed by atoms with van der Waals surface area (Å²) < 4.78 is 193. The van der Waals surface area contributed by atoms with Crippen LogP contribution in [0.25, 0.3) is 0 Å². The molecule has 3 N–H and O–H groups in total. The van der Waals surface area contributed by atoms with Crippen LogP contribution >= 0.6 is 0 Å². The van der Waals surface area contributed by atoms with Crippen molar-refractivity contribution in [2.45, 2.75) is 289 Å². The highest BCUT2D eigenvalue weighted by Gasteiger charge is 2.79. The van der Waals surface area contributed by atoms with E-state index in [0.717, 1.165) is 56.8 Å². The molecule has 1 aliphatic heterocycles. The van der Waals surface area contributed by atoms with Gasteiger partial charge in [0, 0.05) is 30.1 Å². The van der Waals surface area contributed by atoms with Crippen molar-refractivity contribution in [2.75, 3.05) is 7.11 Å². The second-order valence-corrected chi connectivity index (χ2v) is 32.3. The van der Waals surface area contributed by atoms with Gasteiger partial charge in [-0.3, -0.25) is 28.8 Å². The summed E-state index contributed by atoms with van der Waals surface area (Å²) in [6.07, 6.45) is -18.6. The summed E-state index contributed by atoms with van der Waals surface area (Å²) >= 11 is 0. The molecule has 15 nitrogen and oxygen atoms in total. The molecule has 0 aromatic heterocycles. The number of alkyl halides is 12. The number of carbonyl (C=O) groups excluding carboxylic acids is 6. The van der Waals surface area contributed by atoms with Crippen LogP contribution in [-0.4, -0.2) is 129 Å². The van der Waals surface area contributed by atoms with E-state index in [2.05, 4.69) is 13.8 Å². The lowest BCUT2D eigenvalue weighted by Gasteiger charge is -2.60. The van der Waals surface area contributed by atoms with Crippen molar-refractivity contribution in [1.82, 2.24) is 0 Å². The summed E-state index contributed by atoms with van der Waals surface area (Å²) in [5.74, 6) is -6.14. The third-order valence-electron chi connectivity index (χ3n) is 24.5. The third-order valence-corrected chi connectivity index (χ3v) is 24.5. The van der Waals surface area contributed by atoms with Gasteiger partial charge in [-0.15, -0.1) is 0 Å². The maximum absolute atomic E-state index is 13.3. The van der Waals surface area contributed by atoms with Gasteiger partial charge in [0.05, 0.1) is 46.2 Å². The van der Waals surface area contributed by atoms with Crippen LogP contribution in [0.3, 0.4) is 0 Å². The van der Waals surface area contributed by atoms with Gasteiger partial charge in [-0.1, -0.05) is 34.6 Å². The van der Waals surface area contributed by atoms with E-state index in [1.54, 1.807) is 0 Å². The zero-order chi connectivity index (χ0) is 72.0. The molecule has 95 heavy (non-hydrogen) atoms. The maximum atomic E-state index is 13.3. The summed E-state index contributed by atoms with van der Waals surface area (Å²) in [7, 11) is 1.31. The van der Waals surface area contributed by atoms with Crippen molar-refractivity contribution in [3.05, 3.63) is 0 Å². The lowest BCUT2D eigenvalue weighted by molar-refractivity contribution is -0.405. The minimum atomic E-state index is -6.58. The minimum Gasteiger partial charge on any atom is -0.469 e. The van der Waals surface area contributed by atoms with Crippen molar-refractivity contribution < 1.29 is 125 Å². The number of esters is 6. The topological polar surface area (TPSA) is 218 Å². The number of hydrogen-bond acceptors (Lipinski definition) is 15. The van der Waals surface area contributed by atoms with Crippen LogP contribution in [0.2, 0.25) is 0 Å². The van der Waals surface area contributed by atoms with E-state index in [1.807, 2.05) is 55.4 Å². The van der Waals surface area contributed by atoms with E-state index in [-0.39, 0.29) is 58.8 Å². The van der Waals surface area contributed by atoms with Crippen LogP contribution < -0.4 is 0 Å². The largest absolute Gasteiger partial charge is 0.469 e. The lowest BCUT2D eigenvalue weighted by atomic mass is 9.49. The number of rotatable bonds is 16. The predicted octanol–water partition coefficient (Wildman–Crippen LogP) is 14.4. The molecule has 10 unspecified atom stereocenters. The van der Waals surface area contributed by atoms with Gasteiger partial charge in [0.25, 0.3) is 11.2 Å². The molecule has 12 rings (SSSR count). The molecule has 10 bridgehead atoms. The summed E-state index contributed by atoms with van der Waals surface area (Å²) in [6, 6.07) is 0. The van der Waals surface area contributed by atoms with Crippen molar-refractivity contribution in [3.63, 3.8) is 0 Å². The van der Waals surface area contributed by atoms with Crippen LogP contribution in [0.4, 0.5) is 52.7 Å². The molecule has 0 aromatic carbocycles. The predicted molar refractivity (Wildman–Crippen MR) is 316 cm³/mol. The van der Waals surface area contributed by atoms with E-state index < -0.39 is 131 Å². The van der Waals surface area contributed by atoms with Gasteiger partial charge < -0.3 is 43.7 Å². The van der Waals surface area contributed by atoms with E-state index >= 15 is 0 Å². The van der Waals surface area contributed by atoms with Crippen LogP contribution in [0.1, 0.15) is 218 Å². The van der Waals surface area contributed by atoms with Gasteiger partial charge in [0.1, 0.15) is 29.5 Å². The number of hydrogen-bond donors (Lipinski definition) is 3. The average molecular weight is 1390 g/mol. The van der Waals surface area contributed by atoms with Crippen LogP contribution in [0, 0.1) is 92.7 Å². The zero-order valence-corrected chi connectivity index (χ0v) is 57.1. The van der Waals surface area contributed by atoms with Crippen molar-refractivity contribution in [2.24, 2.45) is 92.7 Å². The molecule has 0 amide bonds. The quantitative estimate of drug-likeness (QED) is 0.0744. The first-order chi connectivity index (χ1) is 43.3. The Labute approximate surface area is 548 Å². The summed E-state index contributed by atoms with van der Waals surface area (Å²) in [4.78, 5) is 73.7. The second kappa shape index (κ2) is 26.8. The lowest BCUT2D eigenvalue weighted by Crippen LogP contribution is -2.67. The molecule has 0 radical (unpaired) electrons. The second-order valence-electron chi connectivity index (χ2n) is 32.3. The number of halogens is 12. The van der Waals surface area contributed by atoms with Crippen LogP contribution in [0.15, 0.2) is 0 Å². The van der Waals surface area contributed by atoms with Crippen molar-refractivity contribution in [3.8, 4) is 0 Å². The fourth-order valence-electron chi connectivity index (χ4n) is 17.8. The molecule has 1 heterocycles. The highest BCUT2D eigenvalue weighted by atomic mass is 19.4. The van der Waals surface area contributed by atoms with Gasteiger partial charge in [-0.05, 0) is 213 Å². The molecule has 27 heteroatoms. The Hall–Kier alpha value is -4.14. The first-order valence-electron chi connectivity index (χ1n) is 33.9. The highest BCUT2D eigenvalue weighted by Crippen LogP contribution is 2.64. The Morgan fingerprint density at radius 1 is 0.505 bits per heavy atom. The first kappa shape index (κ1) is 78.2. The van der Waals surface area contributed by atoms with Gasteiger partial charge in [-0.25, -0.2) is 0 Å². The SMILES string of the molecule is CCC(C)(C)C(=O)OC1(CC)C2CC3CC(C2)CC1C3.CCC(C)(C)C(=O)OC12CC3CC(CC(O)(C3)C1)C2.CCC(C)(C)C(=O)OC1C2CC3C1OC(=O)C3C2C(=O)OC.CCC(C)(C)C(=O)OC1CC(C(O)(C(F)(F)F)C(F)(F)F)CC(C(O)(C(F)(F)F)C(F)(F)F)C1. The Balaban J connectivity index is 0.000000184. The normalized spacial score (nSPS) is 35.5. The van der Waals surface area contributed by atoms with Gasteiger partial charge >= 0.3 is 60.5 Å². The van der Waals surface area contributed by atoms with E-state index in [0.29, 0.717) is 42.9 Å². The standard InChI is InChI=1S/C18H22F12O4.C18H30O2.C16H22O6.C16H26O3/c1-4-12(2,3)11(31)34-10-6-8(13(32,15(19,20)21)16(22,23)24)5-9(7-10)14(33,17(25,26)27)18(28,29)30;1-5-17(3,4)16(19)20-18(6-2)14-8-12-7-13(10-14)11-15(18)9-12;1-5-16(2,3)15(19)22-12-7-6-8-10(9(7)13(17)20-4)14(18)21-11(8)12;1-4-14(2,3)13(17)19-16-8-11-5-12(9-16)7-15(18,6-11)10-16/h8-10,32-33H,4-7H2,1-3H3;12-15H,5-11H2,1-4H3;7-12H,5-6H2,1-4H3;11-12,18H,4-10H2,1-3H3. The average Bonchev–Trinajstić information content (AvgIpc) is 1.67. The molecule has 12 aliphatic rings. The molecule has 10 atom stereocenters. The Morgan fingerprint density at radius 3 is 1.27 bits per heavy atom. The monoisotopic (exact) mass is 1380 g/mol. The Kier molecular flexibility index (Phi) is 22.0. The van der Waals surface area contributed by atoms with E-state index in [4.69, 9.17) is 28.4 Å². The van der Waals surface area contributed by atoms with Crippen LogP contribution in [-0.2, 0) is 57.2 Å². The number of aliphatic hydroxyl groups is 3. The maximum Gasteiger partial charge on any atom is 0.426 e. The Morgan fingerprint density at radius 2 is 0.895 bits per heavy atom. The molecule has 1 saturated heterocycles. The molecule has 0 spiro atoms. The summed E-state index contributed by atoms with van der Waals surface area (Å²) in [6.45, 7) is 23.7. The number of ether oxygens (including phenoxy) is 6. The summed E-state index contributed by atoms with van der Waals surface area (Å²) in [5.41, 5.74) is -15.3.